The number of anilines is 1. The third-order valence-corrected chi connectivity index (χ3v) is 2.94. The fraction of sp³-hybridized carbons (Fsp3) is 0.250. The molecular weight excluding hydrogens is 222 g/mol. The van der Waals surface area contributed by atoms with E-state index in [0.29, 0.717) is 17.4 Å². The van der Waals surface area contributed by atoms with Crippen molar-refractivity contribution >= 4 is 5.69 Å². The van der Waals surface area contributed by atoms with Gasteiger partial charge in [-0.2, -0.15) is 0 Å². The van der Waals surface area contributed by atoms with Gasteiger partial charge in [0.15, 0.2) is 5.75 Å². The fourth-order valence-electron chi connectivity index (χ4n) is 1.78. The molecule has 0 fully saturated rings. The van der Waals surface area contributed by atoms with Crippen molar-refractivity contribution in [3.63, 3.8) is 0 Å². The smallest absolute Gasteiger partial charge is 0.150 e. The lowest BCUT2D eigenvalue weighted by Crippen LogP contribution is -1.93. The molecule has 94 valence electrons. The quantitative estimate of drug-likeness (QED) is 0.803. The lowest BCUT2D eigenvalue weighted by Gasteiger charge is -2.11. The van der Waals surface area contributed by atoms with Crippen LogP contribution in [-0.2, 0) is 0 Å². The SMILES string of the molecule is Cc1ccc(N)c(Oc2ccc(C(C)C)cc2)c1. The van der Waals surface area contributed by atoms with E-state index >= 15 is 0 Å². The van der Waals surface area contributed by atoms with Crippen LogP contribution in [0.25, 0.3) is 0 Å². The molecule has 0 aliphatic heterocycles. The summed E-state index contributed by atoms with van der Waals surface area (Å²) in [6.07, 6.45) is 0. The van der Waals surface area contributed by atoms with Crippen molar-refractivity contribution in [2.75, 3.05) is 5.73 Å². The van der Waals surface area contributed by atoms with Crippen LogP contribution >= 0.6 is 0 Å². The van der Waals surface area contributed by atoms with Crippen molar-refractivity contribution in [3.8, 4) is 11.5 Å². The van der Waals surface area contributed by atoms with Gasteiger partial charge in [-0.3, -0.25) is 0 Å². The van der Waals surface area contributed by atoms with Gasteiger partial charge in [0.2, 0.25) is 0 Å². The molecule has 2 heteroatoms. The van der Waals surface area contributed by atoms with Gasteiger partial charge in [-0.25, -0.2) is 0 Å². The van der Waals surface area contributed by atoms with Crippen molar-refractivity contribution in [2.45, 2.75) is 26.7 Å². The van der Waals surface area contributed by atoms with E-state index < -0.39 is 0 Å². The molecule has 0 aromatic heterocycles. The highest BCUT2D eigenvalue weighted by atomic mass is 16.5. The largest absolute Gasteiger partial charge is 0.455 e. The first-order chi connectivity index (χ1) is 8.56. The number of nitrogen functional groups attached to an aromatic ring is 1. The van der Waals surface area contributed by atoms with Crippen LogP contribution in [0.2, 0.25) is 0 Å². The normalized spacial score (nSPS) is 10.7. The first kappa shape index (κ1) is 12.5. The van der Waals surface area contributed by atoms with E-state index in [1.807, 2.05) is 37.3 Å². The molecule has 0 bridgehead atoms. The minimum atomic E-state index is 0.531. The Hall–Kier alpha value is -1.96. The van der Waals surface area contributed by atoms with Crippen LogP contribution < -0.4 is 10.5 Å². The molecule has 2 N–H and O–H groups in total. The van der Waals surface area contributed by atoms with Crippen molar-refractivity contribution in [2.24, 2.45) is 0 Å². The molecule has 0 saturated heterocycles. The molecule has 0 unspecified atom stereocenters. The average Bonchev–Trinajstić information content (AvgIpc) is 2.34. The van der Waals surface area contributed by atoms with E-state index in [9.17, 15) is 0 Å². The molecule has 0 aliphatic carbocycles. The van der Waals surface area contributed by atoms with Crippen molar-refractivity contribution < 1.29 is 4.74 Å². The Morgan fingerprint density at radius 2 is 1.67 bits per heavy atom. The first-order valence-corrected chi connectivity index (χ1v) is 6.20. The number of nitrogens with two attached hydrogens (primary N) is 1. The first-order valence-electron chi connectivity index (χ1n) is 6.20. The predicted octanol–water partition coefficient (Wildman–Crippen LogP) is 4.49. The summed E-state index contributed by atoms with van der Waals surface area (Å²) >= 11 is 0. The summed E-state index contributed by atoms with van der Waals surface area (Å²) in [5.74, 6) is 2.06. The molecule has 18 heavy (non-hydrogen) atoms. The molecule has 0 radical (unpaired) electrons. The van der Waals surface area contributed by atoms with Gasteiger partial charge in [0.1, 0.15) is 5.75 Å². The zero-order chi connectivity index (χ0) is 13.1. The molecule has 0 saturated carbocycles. The third kappa shape index (κ3) is 2.83. The van der Waals surface area contributed by atoms with Gasteiger partial charge in [-0.05, 0) is 48.2 Å². The van der Waals surface area contributed by atoms with Gasteiger partial charge in [-0.15, -0.1) is 0 Å². The molecule has 0 spiro atoms. The van der Waals surface area contributed by atoms with Crippen LogP contribution in [0.5, 0.6) is 11.5 Å². The van der Waals surface area contributed by atoms with E-state index in [2.05, 4.69) is 26.0 Å². The molecule has 2 aromatic rings. The maximum Gasteiger partial charge on any atom is 0.150 e. The van der Waals surface area contributed by atoms with Crippen LogP contribution in [-0.4, -0.2) is 0 Å². The molecule has 0 aliphatic rings. The summed E-state index contributed by atoms with van der Waals surface area (Å²) in [7, 11) is 0. The Bertz CT molecular complexity index is 529. The van der Waals surface area contributed by atoms with Crippen LogP contribution in [0.15, 0.2) is 42.5 Å². The van der Waals surface area contributed by atoms with E-state index in [1.165, 1.54) is 5.56 Å². The molecular formula is C16H19NO. The van der Waals surface area contributed by atoms with E-state index in [0.717, 1.165) is 11.3 Å². The van der Waals surface area contributed by atoms with Crippen LogP contribution in [0, 0.1) is 6.92 Å². The topological polar surface area (TPSA) is 35.2 Å². The zero-order valence-electron chi connectivity index (χ0n) is 11.1. The molecule has 2 aromatic carbocycles. The summed E-state index contributed by atoms with van der Waals surface area (Å²) in [5.41, 5.74) is 8.99. The minimum absolute atomic E-state index is 0.531. The lowest BCUT2D eigenvalue weighted by atomic mass is 10.0. The Morgan fingerprint density at radius 1 is 1.00 bits per heavy atom. The highest BCUT2D eigenvalue weighted by Gasteiger charge is 2.04. The highest BCUT2D eigenvalue weighted by molar-refractivity contribution is 5.55. The number of ether oxygens (including phenoxy) is 1. The van der Waals surface area contributed by atoms with Crippen LogP contribution in [0.4, 0.5) is 5.69 Å². The Morgan fingerprint density at radius 3 is 2.28 bits per heavy atom. The number of rotatable bonds is 3. The molecule has 2 rings (SSSR count). The van der Waals surface area contributed by atoms with Gasteiger partial charge in [-0.1, -0.05) is 32.0 Å². The fourth-order valence-corrected chi connectivity index (χ4v) is 1.78. The minimum Gasteiger partial charge on any atom is -0.455 e. The number of aryl methyl sites for hydroxylation is 1. The Labute approximate surface area is 108 Å². The monoisotopic (exact) mass is 241 g/mol. The van der Waals surface area contributed by atoms with E-state index in [4.69, 9.17) is 10.5 Å². The van der Waals surface area contributed by atoms with E-state index in [-0.39, 0.29) is 0 Å². The summed E-state index contributed by atoms with van der Waals surface area (Å²) in [4.78, 5) is 0. The summed E-state index contributed by atoms with van der Waals surface area (Å²) in [5, 5.41) is 0. The molecule has 0 heterocycles. The predicted molar refractivity (Wildman–Crippen MR) is 76.2 cm³/mol. The average molecular weight is 241 g/mol. The zero-order valence-corrected chi connectivity index (χ0v) is 11.1. The highest BCUT2D eigenvalue weighted by Crippen LogP contribution is 2.29. The second-order valence-corrected chi connectivity index (χ2v) is 4.87. The second kappa shape index (κ2) is 5.13. The van der Waals surface area contributed by atoms with E-state index in [1.54, 1.807) is 0 Å². The molecule has 0 amide bonds. The van der Waals surface area contributed by atoms with Crippen LogP contribution in [0.1, 0.15) is 30.9 Å². The summed E-state index contributed by atoms with van der Waals surface area (Å²) in [6.45, 7) is 6.37. The van der Waals surface area contributed by atoms with Crippen molar-refractivity contribution in [1.29, 1.82) is 0 Å². The van der Waals surface area contributed by atoms with Gasteiger partial charge >= 0.3 is 0 Å². The standard InChI is InChI=1S/C16H19NO/c1-11(2)13-5-7-14(8-6-13)18-16-10-12(3)4-9-15(16)17/h4-11H,17H2,1-3H3. The third-order valence-electron chi connectivity index (χ3n) is 2.94. The molecule has 0 atom stereocenters. The maximum absolute atomic E-state index is 5.89. The van der Waals surface area contributed by atoms with Crippen LogP contribution in [0.3, 0.4) is 0 Å². The van der Waals surface area contributed by atoms with Gasteiger partial charge in [0.05, 0.1) is 5.69 Å². The lowest BCUT2D eigenvalue weighted by molar-refractivity contribution is 0.484. The van der Waals surface area contributed by atoms with Crippen molar-refractivity contribution in [1.82, 2.24) is 0 Å². The van der Waals surface area contributed by atoms with Gasteiger partial charge in [0, 0.05) is 0 Å². The van der Waals surface area contributed by atoms with Crippen molar-refractivity contribution in [3.05, 3.63) is 53.6 Å². The van der Waals surface area contributed by atoms with Gasteiger partial charge in [0.25, 0.3) is 0 Å². The Kier molecular flexibility index (Phi) is 3.56. The number of hydrogen-bond acceptors (Lipinski definition) is 2. The Balaban J connectivity index is 2.21. The van der Waals surface area contributed by atoms with Gasteiger partial charge < -0.3 is 10.5 Å². The molecule has 2 nitrogen and oxygen atoms in total. The number of benzene rings is 2. The summed E-state index contributed by atoms with van der Waals surface area (Å²) in [6, 6.07) is 13.9. The second-order valence-electron chi connectivity index (χ2n) is 4.87. The number of hydrogen-bond donors (Lipinski definition) is 1. The maximum atomic E-state index is 5.89. The summed E-state index contributed by atoms with van der Waals surface area (Å²) < 4.78 is 5.80.